The highest BCUT2D eigenvalue weighted by Crippen LogP contribution is 2.18. The van der Waals surface area contributed by atoms with Crippen molar-refractivity contribution in [2.75, 3.05) is 0 Å². The monoisotopic (exact) mass is 223 g/mol. The van der Waals surface area contributed by atoms with Gasteiger partial charge in [-0.25, -0.2) is 4.39 Å². The Morgan fingerprint density at radius 1 is 1.00 bits per heavy atom. The number of hydrogen-bond acceptors (Lipinski definition) is 1. The number of halogens is 1. The lowest BCUT2D eigenvalue weighted by molar-refractivity contribution is 0.625. The van der Waals surface area contributed by atoms with Crippen molar-refractivity contribution < 1.29 is 4.39 Å². The minimum absolute atomic E-state index is 0.323. The van der Waals surface area contributed by atoms with E-state index >= 15 is 0 Å². The lowest BCUT2D eigenvalue weighted by atomic mass is 10.0. The SMILES string of the molecule is N#CC(=Cc1ccccc1F)c1ccccc1. The van der Waals surface area contributed by atoms with E-state index in [0.717, 1.165) is 5.56 Å². The molecule has 1 nitrogen and oxygen atoms in total. The molecule has 2 aromatic carbocycles. The molecule has 2 heteroatoms. The fourth-order valence-electron chi connectivity index (χ4n) is 1.55. The molecule has 0 aliphatic rings. The standard InChI is InChI=1S/C15H10FN/c16-15-9-5-4-8-13(15)10-14(11-17)12-6-2-1-3-7-12/h1-10H. The van der Waals surface area contributed by atoms with E-state index in [0.29, 0.717) is 11.1 Å². The summed E-state index contributed by atoms with van der Waals surface area (Å²) in [7, 11) is 0. The predicted molar refractivity (Wildman–Crippen MR) is 66.3 cm³/mol. The van der Waals surface area contributed by atoms with Gasteiger partial charge in [0.25, 0.3) is 0 Å². The second-order valence-corrected chi connectivity index (χ2v) is 3.56. The topological polar surface area (TPSA) is 23.8 Å². The average molecular weight is 223 g/mol. The Morgan fingerprint density at radius 2 is 1.65 bits per heavy atom. The minimum atomic E-state index is -0.323. The van der Waals surface area contributed by atoms with E-state index < -0.39 is 0 Å². The van der Waals surface area contributed by atoms with Crippen molar-refractivity contribution in [3.05, 3.63) is 71.5 Å². The molecule has 0 aliphatic carbocycles. The molecule has 0 aliphatic heterocycles. The van der Waals surface area contributed by atoms with Crippen LogP contribution in [0, 0.1) is 17.1 Å². The zero-order chi connectivity index (χ0) is 12.1. The van der Waals surface area contributed by atoms with Crippen LogP contribution in [0.25, 0.3) is 11.6 Å². The van der Waals surface area contributed by atoms with Crippen LogP contribution in [0.3, 0.4) is 0 Å². The molecule has 0 saturated heterocycles. The van der Waals surface area contributed by atoms with Crippen molar-refractivity contribution >= 4 is 11.6 Å². The second-order valence-electron chi connectivity index (χ2n) is 3.56. The third-order valence-electron chi connectivity index (χ3n) is 2.41. The Balaban J connectivity index is 2.45. The maximum Gasteiger partial charge on any atom is 0.130 e. The van der Waals surface area contributed by atoms with Crippen LogP contribution in [0.4, 0.5) is 4.39 Å². The fraction of sp³-hybridized carbons (Fsp3) is 0. The Morgan fingerprint density at radius 3 is 2.29 bits per heavy atom. The molecular formula is C15H10FN. The first-order chi connectivity index (χ1) is 8.31. The number of nitriles is 1. The number of nitrogens with zero attached hydrogens (tertiary/aromatic N) is 1. The van der Waals surface area contributed by atoms with Gasteiger partial charge in [-0.15, -0.1) is 0 Å². The first kappa shape index (κ1) is 11.1. The van der Waals surface area contributed by atoms with E-state index in [1.165, 1.54) is 6.07 Å². The molecule has 0 spiro atoms. The maximum absolute atomic E-state index is 13.4. The molecule has 0 radical (unpaired) electrons. The summed E-state index contributed by atoms with van der Waals surface area (Å²) in [5.74, 6) is -0.323. The van der Waals surface area contributed by atoms with E-state index in [4.69, 9.17) is 5.26 Å². The van der Waals surface area contributed by atoms with Crippen LogP contribution < -0.4 is 0 Å². The largest absolute Gasteiger partial charge is 0.206 e. The van der Waals surface area contributed by atoms with Crippen LogP contribution in [-0.4, -0.2) is 0 Å². The van der Waals surface area contributed by atoms with Crippen molar-refractivity contribution in [2.24, 2.45) is 0 Å². The van der Waals surface area contributed by atoms with Crippen LogP contribution >= 0.6 is 0 Å². The number of benzene rings is 2. The molecule has 0 amide bonds. The molecular weight excluding hydrogens is 213 g/mol. The molecule has 0 heterocycles. The summed E-state index contributed by atoms with van der Waals surface area (Å²) in [6.07, 6.45) is 1.56. The van der Waals surface area contributed by atoms with Crippen LogP contribution in [-0.2, 0) is 0 Å². The van der Waals surface area contributed by atoms with Crippen LogP contribution in [0.1, 0.15) is 11.1 Å². The average Bonchev–Trinajstić information content (AvgIpc) is 2.39. The molecule has 0 saturated carbocycles. The zero-order valence-corrected chi connectivity index (χ0v) is 9.10. The molecule has 0 fully saturated rings. The normalized spacial score (nSPS) is 10.9. The highest BCUT2D eigenvalue weighted by Gasteiger charge is 2.02. The van der Waals surface area contributed by atoms with Gasteiger partial charge in [0.05, 0.1) is 11.6 Å². The summed E-state index contributed by atoms with van der Waals surface area (Å²) >= 11 is 0. The first-order valence-corrected chi connectivity index (χ1v) is 5.23. The van der Waals surface area contributed by atoms with Crippen LogP contribution in [0.5, 0.6) is 0 Å². The Hall–Kier alpha value is -2.40. The smallest absolute Gasteiger partial charge is 0.130 e. The molecule has 0 atom stereocenters. The van der Waals surface area contributed by atoms with Gasteiger partial charge in [-0.2, -0.15) is 5.26 Å². The molecule has 2 rings (SSSR count). The van der Waals surface area contributed by atoms with Gasteiger partial charge in [0.2, 0.25) is 0 Å². The van der Waals surface area contributed by atoms with E-state index in [2.05, 4.69) is 6.07 Å². The molecule has 82 valence electrons. The van der Waals surface area contributed by atoms with Gasteiger partial charge in [-0.05, 0) is 17.7 Å². The Bertz CT molecular complexity index is 579. The van der Waals surface area contributed by atoms with E-state index in [1.807, 2.05) is 30.3 Å². The summed E-state index contributed by atoms with van der Waals surface area (Å²) in [6, 6.07) is 17.7. The first-order valence-electron chi connectivity index (χ1n) is 5.23. The molecule has 0 bridgehead atoms. The van der Waals surface area contributed by atoms with Crippen molar-refractivity contribution in [1.82, 2.24) is 0 Å². The molecule has 17 heavy (non-hydrogen) atoms. The third kappa shape index (κ3) is 2.59. The second kappa shape index (κ2) is 5.09. The van der Waals surface area contributed by atoms with Crippen LogP contribution in [0.2, 0.25) is 0 Å². The minimum Gasteiger partial charge on any atom is -0.206 e. The summed E-state index contributed by atoms with van der Waals surface area (Å²) in [5.41, 5.74) is 1.67. The van der Waals surface area contributed by atoms with Gasteiger partial charge in [0.15, 0.2) is 0 Å². The quantitative estimate of drug-likeness (QED) is 0.559. The summed E-state index contributed by atoms with van der Waals surface area (Å²) < 4.78 is 13.4. The highest BCUT2D eigenvalue weighted by atomic mass is 19.1. The molecule has 0 N–H and O–H groups in total. The van der Waals surface area contributed by atoms with Crippen molar-refractivity contribution in [3.8, 4) is 6.07 Å². The molecule has 0 aromatic heterocycles. The van der Waals surface area contributed by atoms with Crippen molar-refractivity contribution in [3.63, 3.8) is 0 Å². The van der Waals surface area contributed by atoms with Crippen molar-refractivity contribution in [2.45, 2.75) is 0 Å². The van der Waals surface area contributed by atoms with E-state index in [1.54, 1.807) is 24.3 Å². The van der Waals surface area contributed by atoms with Crippen LogP contribution in [0.15, 0.2) is 54.6 Å². The van der Waals surface area contributed by atoms with Gasteiger partial charge in [0, 0.05) is 5.56 Å². The lowest BCUT2D eigenvalue weighted by Gasteiger charge is -2.00. The Kier molecular flexibility index (Phi) is 3.32. The van der Waals surface area contributed by atoms with Crippen molar-refractivity contribution in [1.29, 1.82) is 5.26 Å². The van der Waals surface area contributed by atoms with Gasteiger partial charge in [-0.1, -0.05) is 48.5 Å². The Labute approximate surface area is 99.5 Å². The predicted octanol–water partition coefficient (Wildman–Crippen LogP) is 3.89. The fourth-order valence-corrected chi connectivity index (χ4v) is 1.55. The molecule has 2 aromatic rings. The van der Waals surface area contributed by atoms with Gasteiger partial charge in [0.1, 0.15) is 5.82 Å². The summed E-state index contributed by atoms with van der Waals surface area (Å²) in [4.78, 5) is 0. The zero-order valence-electron chi connectivity index (χ0n) is 9.10. The van der Waals surface area contributed by atoms with Gasteiger partial charge in [-0.3, -0.25) is 0 Å². The highest BCUT2D eigenvalue weighted by molar-refractivity contribution is 5.89. The van der Waals surface area contributed by atoms with E-state index in [-0.39, 0.29) is 5.82 Å². The summed E-state index contributed by atoms with van der Waals surface area (Å²) in [5, 5.41) is 9.09. The number of rotatable bonds is 2. The van der Waals surface area contributed by atoms with E-state index in [9.17, 15) is 4.39 Å². The molecule has 0 unspecified atom stereocenters. The number of hydrogen-bond donors (Lipinski definition) is 0. The number of allylic oxidation sites excluding steroid dienone is 1. The lowest BCUT2D eigenvalue weighted by Crippen LogP contribution is -1.84. The maximum atomic E-state index is 13.4. The van der Waals surface area contributed by atoms with Gasteiger partial charge < -0.3 is 0 Å². The van der Waals surface area contributed by atoms with Gasteiger partial charge >= 0.3 is 0 Å². The summed E-state index contributed by atoms with van der Waals surface area (Å²) in [6.45, 7) is 0. The third-order valence-corrected chi connectivity index (χ3v) is 2.41.